The maximum absolute atomic E-state index is 11.1. The summed E-state index contributed by atoms with van der Waals surface area (Å²) >= 11 is 0. The molecule has 1 aromatic rings. The van der Waals surface area contributed by atoms with Crippen molar-refractivity contribution in [3.63, 3.8) is 0 Å². The number of rotatable bonds is 4. The number of primary amides is 1. The van der Waals surface area contributed by atoms with Crippen LogP contribution in [0.25, 0.3) is 0 Å². The lowest BCUT2D eigenvalue weighted by Gasteiger charge is -2.19. The summed E-state index contributed by atoms with van der Waals surface area (Å²) in [5.41, 5.74) is 5.59. The van der Waals surface area contributed by atoms with Gasteiger partial charge in [0.2, 0.25) is 5.91 Å². The molecule has 1 saturated heterocycles. The summed E-state index contributed by atoms with van der Waals surface area (Å²) in [5, 5.41) is 20.7. The van der Waals surface area contributed by atoms with Gasteiger partial charge in [0.05, 0.1) is 11.0 Å². The van der Waals surface area contributed by atoms with Gasteiger partial charge in [-0.3, -0.25) is 14.9 Å². The van der Waals surface area contributed by atoms with E-state index >= 15 is 0 Å². The predicted molar refractivity (Wildman–Crippen MR) is 73.6 cm³/mol. The van der Waals surface area contributed by atoms with Gasteiger partial charge in [-0.25, -0.2) is 0 Å². The number of hydrogen-bond donors (Lipinski definition) is 2. The Labute approximate surface area is 116 Å². The Morgan fingerprint density at radius 2 is 2.30 bits per heavy atom. The number of aliphatic hydroxyl groups excluding tert-OH is 1. The molecule has 0 radical (unpaired) electrons. The van der Waals surface area contributed by atoms with Crippen LogP contribution in [-0.2, 0) is 0 Å². The van der Waals surface area contributed by atoms with Crippen LogP contribution >= 0.6 is 0 Å². The second-order valence-corrected chi connectivity index (χ2v) is 5.06. The predicted octanol–water partition coefficient (Wildman–Crippen LogP) is 0.901. The Hall–Kier alpha value is -2.15. The number of amides is 1. The van der Waals surface area contributed by atoms with Gasteiger partial charge in [0.1, 0.15) is 5.69 Å². The molecule has 108 valence electrons. The highest BCUT2D eigenvalue weighted by Crippen LogP contribution is 2.33. The quantitative estimate of drug-likeness (QED) is 0.628. The average molecular weight is 279 g/mol. The number of aliphatic hydroxyl groups is 1. The topological polar surface area (TPSA) is 110 Å². The molecule has 7 nitrogen and oxygen atoms in total. The minimum atomic E-state index is -0.692. The summed E-state index contributed by atoms with van der Waals surface area (Å²) in [7, 11) is 0. The molecular formula is C13H17N3O4. The van der Waals surface area contributed by atoms with Gasteiger partial charge < -0.3 is 15.7 Å². The summed E-state index contributed by atoms with van der Waals surface area (Å²) in [4.78, 5) is 23.6. The number of hydrogen-bond acceptors (Lipinski definition) is 5. The third kappa shape index (κ3) is 2.72. The van der Waals surface area contributed by atoms with Gasteiger partial charge >= 0.3 is 0 Å². The number of nitro groups is 1. The van der Waals surface area contributed by atoms with Gasteiger partial charge in [-0.2, -0.15) is 0 Å². The molecule has 1 fully saturated rings. The van der Waals surface area contributed by atoms with Crippen molar-refractivity contribution in [3.05, 3.63) is 33.9 Å². The van der Waals surface area contributed by atoms with Crippen LogP contribution in [0.5, 0.6) is 0 Å². The number of carbonyl (C=O) groups excluding carboxylic acids is 1. The minimum Gasteiger partial charge on any atom is -0.393 e. The lowest BCUT2D eigenvalue weighted by molar-refractivity contribution is -0.384. The van der Waals surface area contributed by atoms with E-state index in [9.17, 15) is 20.0 Å². The maximum Gasteiger partial charge on any atom is 0.293 e. The molecule has 3 N–H and O–H groups in total. The molecule has 1 aliphatic rings. The first kappa shape index (κ1) is 14.3. The number of nitrogens with zero attached hydrogens (tertiary/aromatic N) is 2. The van der Waals surface area contributed by atoms with Gasteiger partial charge in [-0.05, 0) is 25.5 Å². The van der Waals surface area contributed by atoms with Gasteiger partial charge in [-0.1, -0.05) is 0 Å². The molecule has 1 heterocycles. The first-order valence-corrected chi connectivity index (χ1v) is 6.41. The summed E-state index contributed by atoms with van der Waals surface area (Å²) in [5.74, 6) is -0.589. The number of benzene rings is 1. The van der Waals surface area contributed by atoms with E-state index in [1.54, 1.807) is 13.0 Å². The lowest BCUT2D eigenvalue weighted by Crippen LogP contribution is -2.24. The molecule has 0 saturated carbocycles. The second kappa shape index (κ2) is 5.46. The van der Waals surface area contributed by atoms with E-state index in [2.05, 4.69) is 0 Å². The van der Waals surface area contributed by atoms with Crippen molar-refractivity contribution in [3.8, 4) is 0 Å². The lowest BCUT2D eigenvalue weighted by atomic mass is 10.0. The first-order valence-electron chi connectivity index (χ1n) is 6.41. The molecule has 0 aromatic heterocycles. The Balaban J connectivity index is 2.32. The zero-order chi connectivity index (χ0) is 14.9. The fourth-order valence-corrected chi connectivity index (χ4v) is 2.49. The molecule has 2 atom stereocenters. The third-order valence-corrected chi connectivity index (χ3v) is 3.70. The number of anilines is 1. The molecule has 7 heteroatoms. The van der Waals surface area contributed by atoms with Crippen LogP contribution < -0.4 is 10.6 Å². The van der Waals surface area contributed by atoms with E-state index in [1.807, 2.05) is 4.90 Å². The van der Waals surface area contributed by atoms with E-state index in [0.717, 1.165) is 6.42 Å². The largest absolute Gasteiger partial charge is 0.393 e. The second-order valence-electron chi connectivity index (χ2n) is 5.06. The molecule has 20 heavy (non-hydrogen) atoms. The van der Waals surface area contributed by atoms with Crippen LogP contribution in [0.4, 0.5) is 11.4 Å². The van der Waals surface area contributed by atoms with Crippen LogP contribution in [0.3, 0.4) is 0 Å². The van der Waals surface area contributed by atoms with Crippen LogP contribution in [0.1, 0.15) is 23.7 Å². The first-order chi connectivity index (χ1) is 9.40. The van der Waals surface area contributed by atoms with E-state index in [-0.39, 0.29) is 17.2 Å². The summed E-state index contributed by atoms with van der Waals surface area (Å²) in [6.07, 6.45) is 0.343. The van der Waals surface area contributed by atoms with Crippen molar-refractivity contribution < 1.29 is 14.8 Å². The zero-order valence-electron chi connectivity index (χ0n) is 11.2. The molecule has 0 bridgehead atoms. The van der Waals surface area contributed by atoms with Crippen LogP contribution in [0, 0.1) is 16.0 Å². The van der Waals surface area contributed by atoms with Gasteiger partial charge in [-0.15, -0.1) is 0 Å². The van der Waals surface area contributed by atoms with E-state index in [0.29, 0.717) is 18.8 Å². The number of nitro benzene ring substituents is 1. The summed E-state index contributed by atoms with van der Waals surface area (Å²) < 4.78 is 0. The smallest absolute Gasteiger partial charge is 0.293 e. The van der Waals surface area contributed by atoms with Crippen molar-refractivity contribution in [2.24, 2.45) is 11.7 Å². The minimum absolute atomic E-state index is 0.102. The maximum atomic E-state index is 11.1. The fourth-order valence-electron chi connectivity index (χ4n) is 2.49. The monoisotopic (exact) mass is 279 g/mol. The molecule has 1 amide bonds. The SMILES string of the molecule is CC(O)C1CCN(c2ccc(C(N)=O)cc2[N+](=O)[O-])C1. The highest BCUT2D eigenvalue weighted by Gasteiger charge is 2.30. The van der Waals surface area contributed by atoms with Gasteiger partial charge in [0.15, 0.2) is 0 Å². The van der Waals surface area contributed by atoms with Crippen molar-refractivity contribution in [2.45, 2.75) is 19.4 Å². The van der Waals surface area contributed by atoms with E-state index < -0.39 is 16.9 Å². The van der Waals surface area contributed by atoms with Gasteiger partial charge in [0, 0.05) is 30.6 Å². The Morgan fingerprint density at radius 1 is 1.60 bits per heavy atom. The average Bonchev–Trinajstić information content (AvgIpc) is 2.87. The normalized spacial score (nSPS) is 19.9. The zero-order valence-corrected chi connectivity index (χ0v) is 11.2. The van der Waals surface area contributed by atoms with E-state index in [1.165, 1.54) is 12.1 Å². The summed E-state index contributed by atoms with van der Waals surface area (Å²) in [6, 6.07) is 4.23. The van der Waals surface area contributed by atoms with Crippen molar-refractivity contribution in [1.82, 2.24) is 0 Å². The van der Waals surface area contributed by atoms with Crippen molar-refractivity contribution in [1.29, 1.82) is 0 Å². The van der Waals surface area contributed by atoms with Crippen LogP contribution in [-0.4, -0.2) is 35.1 Å². The van der Waals surface area contributed by atoms with Crippen molar-refractivity contribution >= 4 is 17.3 Å². The molecule has 1 aromatic carbocycles. The number of nitrogens with two attached hydrogens (primary N) is 1. The molecule has 1 aliphatic heterocycles. The number of carbonyl (C=O) groups is 1. The van der Waals surface area contributed by atoms with Crippen LogP contribution in [0.15, 0.2) is 18.2 Å². The third-order valence-electron chi connectivity index (χ3n) is 3.70. The molecule has 0 spiro atoms. The Morgan fingerprint density at radius 3 is 2.80 bits per heavy atom. The molecule has 0 aliphatic carbocycles. The van der Waals surface area contributed by atoms with Gasteiger partial charge in [0.25, 0.3) is 5.69 Å². The molecule has 2 unspecified atom stereocenters. The summed E-state index contributed by atoms with van der Waals surface area (Å²) in [6.45, 7) is 2.93. The highest BCUT2D eigenvalue weighted by atomic mass is 16.6. The van der Waals surface area contributed by atoms with E-state index in [4.69, 9.17) is 5.73 Å². The fraction of sp³-hybridized carbons (Fsp3) is 0.462. The molecule has 2 rings (SSSR count). The standard InChI is InChI=1S/C13H17N3O4/c1-8(17)10-4-5-15(7-10)11-3-2-9(13(14)18)6-12(11)16(19)20/h2-3,6,8,10,17H,4-5,7H2,1H3,(H2,14,18). The Kier molecular flexibility index (Phi) is 3.89. The Bertz CT molecular complexity index is 544. The molecular weight excluding hydrogens is 262 g/mol. The highest BCUT2D eigenvalue weighted by molar-refractivity contribution is 5.94. The van der Waals surface area contributed by atoms with Crippen molar-refractivity contribution in [2.75, 3.05) is 18.0 Å². The van der Waals surface area contributed by atoms with Crippen LogP contribution in [0.2, 0.25) is 0 Å².